The van der Waals surface area contributed by atoms with Crippen molar-refractivity contribution in [1.29, 1.82) is 0 Å². The molecule has 1 aliphatic carbocycles. The SMILES string of the molecule is CNC(=O)NC(=O)CN1C[C@@H]2CCC[C@H]2[C@H]1C(=O)OC. The van der Waals surface area contributed by atoms with Crippen LogP contribution in [0, 0.1) is 11.8 Å². The van der Waals surface area contributed by atoms with Gasteiger partial charge in [-0.15, -0.1) is 0 Å². The summed E-state index contributed by atoms with van der Waals surface area (Å²) in [6, 6.07) is -0.896. The highest BCUT2D eigenvalue weighted by Crippen LogP contribution is 2.42. The lowest BCUT2D eigenvalue weighted by Gasteiger charge is -2.24. The Morgan fingerprint density at radius 3 is 2.70 bits per heavy atom. The average molecular weight is 283 g/mol. The molecule has 2 aliphatic rings. The summed E-state index contributed by atoms with van der Waals surface area (Å²) in [5.74, 6) is 0.0347. The molecule has 2 fully saturated rings. The van der Waals surface area contributed by atoms with Gasteiger partial charge in [-0.3, -0.25) is 19.8 Å². The highest BCUT2D eigenvalue weighted by Gasteiger charge is 2.48. The molecule has 0 aromatic rings. The summed E-state index contributed by atoms with van der Waals surface area (Å²) in [4.78, 5) is 36.7. The fourth-order valence-corrected chi connectivity index (χ4v) is 3.41. The molecule has 1 aliphatic heterocycles. The number of nitrogens with zero attached hydrogens (tertiary/aromatic N) is 1. The Bertz CT molecular complexity index is 412. The summed E-state index contributed by atoms with van der Waals surface area (Å²) in [7, 11) is 2.81. The highest BCUT2D eigenvalue weighted by atomic mass is 16.5. The fourth-order valence-electron chi connectivity index (χ4n) is 3.41. The molecule has 0 unspecified atom stereocenters. The minimum atomic E-state index is -0.538. The van der Waals surface area contributed by atoms with E-state index >= 15 is 0 Å². The molecule has 7 nitrogen and oxygen atoms in total. The van der Waals surface area contributed by atoms with Crippen molar-refractivity contribution in [1.82, 2.24) is 15.5 Å². The number of carbonyl (C=O) groups excluding carboxylic acids is 3. The van der Waals surface area contributed by atoms with E-state index in [0.29, 0.717) is 12.5 Å². The predicted octanol–water partition coefficient (Wildman–Crippen LogP) is -0.284. The first-order chi connectivity index (χ1) is 9.56. The molecule has 0 radical (unpaired) electrons. The molecule has 20 heavy (non-hydrogen) atoms. The summed E-state index contributed by atoms with van der Waals surface area (Å²) in [6.07, 6.45) is 3.21. The predicted molar refractivity (Wildman–Crippen MR) is 70.8 cm³/mol. The lowest BCUT2D eigenvalue weighted by molar-refractivity contribution is -0.147. The largest absolute Gasteiger partial charge is 0.468 e. The van der Waals surface area contributed by atoms with E-state index in [2.05, 4.69) is 10.6 Å². The number of carbonyl (C=O) groups is 3. The van der Waals surface area contributed by atoms with Gasteiger partial charge in [-0.1, -0.05) is 6.42 Å². The van der Waals surface area contributed by atoms with Gasteiger partial charge in [-0.2, -0.15) is 0 Å². The van der Waals surface area contributed by atoms with E-state index in [1.807, 2.05) is 4.90 Å². The first kappa shape index (κ1) is 14.8. The number of esters is 1. The van der Waals surface area contributed by atoms with Crippen molar-refractivity contribution in [2.75, 3.05) is 27.2 Å². The van der Waals surface area contributed by atoms with Crippen LogP contribution in [0.3, 0.4) is 0 Å². The summed E-state index contributed by atoms with van der Waals surface area (Å²) in [6.45, 7) is 0.756. The number of hydrogen-bond donors (Lipinski definition) is 2. The maximum absolute atomic E-state index is 12.0. The molecule has 0 bridgehead atoms. The molecule has 112 valence electrons. The number of fused-ring (bicyclic) bond motifs is 1. The van der Waals surface area contributed by atoms with E-state index in [0.717, 1.165) is 19.3 Å². The average Bonchev–Trinajstić information content (AvgIpc) is 2.97. The molecule has 1 heterocycles. The van der Waals surface area contributed by atoms with Crippen LogP contribution in [-0.4, -0.2) is 56.1 Å². The monoisotopic (exact) mass is 283 g/mol. The number of imide groups is 1. The van der Waals surface area contributed by atoms with Gasteiger partial charge < -0.3 is 10.1 Å². The second-order valence-electron chi connectivity index (χ2n) is 5.38. The van der Waals surface area contributed by atoms with Crippen LogP contribution in [0.25, 0.3) is 0 Å². The van der Waals surface area contributed by atoms with Crippen molar-refractivity contribution < 1.29 is 19.1 Å². The number of rotatable bonds is 3. The van der Waals surface area contributed by atoms with Crippen molar-refractivity contribution >= 4 is 17.9 Å². The molecule has 2 rings (SSSR count). The second-order valence-corrected chi connectivity index (χ2v) is 5.38. The third-order valence-electron chi connectivity index (χ3n) is 4.26. The number of ether oxygens (including phenoxy) is 1. The summed E-state index contributed by atoms with van der Waals surface area (Å²) < 4.78 is 4.86. The summed E-state index contributed by atoms with van der Waals surface area (Å²) >= 11 is 0. The second kappa shape index (κ2) is 6.21. The van der Waals surface area contributed by atoms with Gasteiger partial charge in [0.1, 0.15) is 6.04 Å². The van der Waals surface area contributed by atoms with E-state index in [-0.39, 0.29) is 24.5 Å². The molecule has 1 saturated carbocycles. The Labute approximate surface area is 118 Å². The zero-order valence-corrected chi connectivity index (χ0v) is 11.8. The van der Waals surface area contributed by atoms with Crippen molar-refractivity contribution in [3.05, 3.63) is 0 Å². The minimum absolute atomic E-state index is 0.0419. The standard InChI is InChI=1S/C13H21N3O4/c1-14-13(19)15-10(17)7-16-6-8-4-3-5-9(8)11(16)12(18)20-2/h8-9,11H,3-7H2,1-2H3,(H2,14,15,17,19)/t8-,9+,11-/m0/s1. The highest BCUT2D eigenvalue weighted by molar-refractivity contribution is 5.95. The number of methoxy groups -OCH3 is 1. The summed E-state index contributed by atoms with van der Waals surface area (Å²) in [5, 5.41) is 4.54. The van der Waals surface area contributed by atoms with Gasteiger partial charge in [-0.05, 0) is 24.7 Å². The van der Waals surface area contributed by atoms with Crippen molar-refractivity contribution in [3.8, 4) is 0 Å². The van der Waals surface area contributed by atoms with E-state index < -0.39 is 11.9 Å². The summed E-state index contributed by atoms with van der Waals surface area (Å²) in [5.41, 5.74) is 0. The Morgan fingerprint density at radius 1 is 1.30 bits per heavy atom. The lowest BCUT2D eigenvalue weighted by Crippen LogP contribution is -2.48. The number of hydrogen-bond acceptors (Lipinski definition) is 5. The first-order valence-electron chi connectivity index (χ1n) is 6.90. The van der Waals surface area contributed by atoms with Crippen LogP contribution >= 0.6 is 0 Å². The topological polar surface area (TPSA) is 87.7 Å². The van der Waals surface area contributed by atoms with E-state index in [9.17, 15) is 14.4 Å². The fraction of sp³-hybridized carbons (Fsp3) is 0.769. The van der Waals surface area contributed by atoms with Gasteiger partial charge >= 0.3 is 12.0 Å². The van der Waals surface area contributed by atoms with Gasteiger partial charge in [0.25, 0.3) is 0 Å². The maximum Gasteiger partial charge on any atom is 0.323 e. The molecule has 0 aromatic carbocycles. The smallest absolute Gasteiger partial charge is 0.323 e. The van der Waals surface area contributed by atoms with Crippen LogP contribution in [0.2, 0.25) is 0 Å². The molecule has 3 atom stereocenters. The molecular weight excluding hydrogens is 262 g/mol. The zero-order valence-electron chi connectivity index (χ0n) is 11.8. The van der Waals surface area contributed by atoms with Crippen molar-refractivity contribution in [2.45, 2.75) is 25.3 Å². The lowest BCUT2D eigenvalue weighted by atomic mass is 9.94. The molecule has 0 aromatic heterocycles. The Balaban J connectivity index is 2.00. The Kier molecular flexibility index (Phi) is 4.59. The molecule has 0 spiro atoms. The van der Waals surface area contributed by atoms with Gasteiger partial charge in [0.05, 0.1) is 13.7 Å². The number of amides is 3. The zero-order chi connectivity index (χ0) is 14.7. The molecular formula is C13H21N3O4. The third kappa shape index (κ3) is 2.92. The normalized spacial score (nSPS) is 28.8. The molecule has 2 N–H and O–H groups in total. The molecule has 7 heteroatoms. The van der Waals surface area contributed by atoms with E-state index in [1.165, 1.54) is 14.2 Å². The van der Waals surface area contributed by atoms with Gasteiger partial charge in [0.15, 0.2) is 0 Å². The maximum atomic E-state index is 12.0. The molecule has 1 saturated heterocycles. The Morgan fingerprint density at radius 2 is 2.05 bits per heavy atom. The minimum Gasteiger partial charge on any atom is -0.468 e. The van der Waals surface area contributed by atoms with Crippen LogP contribution in [0.1, 0.15) is 19.3 Å². The van der Waals surface area contributed by atoms with E-state index in [1.54, 1.807) is 0 Å². The Hall–Kier alpha value is -1.63. The third-order valence-corrected chi connectivity index (χ3v) is 4.26. The van der Waals surface area contributed by atoms with Crippen LogP contribution < -0.4 is 10.6 Å². The van der Waals surface area contributed by atoms with Crippen molar-refractivity contribution in [3.63, 3.8) is 0 Å². The molecule has 3 amide bonds. The number of urea groups is 1. The van der Waals surface area contributed by atoms with Crippen LogP contribution in [0.4, 0.5) is 4.79 Å². The first-order valence-corrected chi connectivity index (χ1v) is 6.90. The van der Waals surface area contributed by atoms with Crippen LogP contribution in [-0.2, 0) is 14.3 Å². The van der Waals surface area contributed by atoms with Gasteiger partial charge in [0, 0.05) is 13.6 Å². The van der Waals surface area contributed by atoms with Gasteiger partial charge in [-0.25, -0.2) is 4.79 Å². The van der Waals surface area contributed by atoms with Crippen molar-refractivity contribution in [2.24, 2.45) is 11.8 Å². The quantitative estimate of drug-likeness (QED) is 0.695. The van der Waals surface area contributed by atoms with Crippen LogP contribution in [0.15, 0.2) is 0 Å². The van der Waals surface area contributed by atoms with Crippen LogP contribution in [0.5, 0.6) is 0 Å². The van der Waals surface area contributed by atoms with E-state index in [4.69, 9.17) is 4.74 Å². The van der Waals surface area contributed by atoms with Gasteiger partial charge in [0.2, 0.25) is 5.91 Å². The number of likely N-dealkylation sites (tertiary alicyclic amines) is 1. The number of nitrogens with one attached hydrogen (secondary N) is 2.